The number of benzene rings is 1. The SMILES string of the molecule is CCCC(CC)C1CC2(N=C(SC)N(C)C2=O)c2cc(Br)ccc2O1. The van der Waals surface area contributed by atoms with Gasteiger partial charge >= 0.3 is 0 Å². The molecule has 0 aliphatic carbocycles. The third-order valence-electron chi connectivity index (χ3n) is 5.29. The van der Waals surface area contributed by atoms with Gasteiger partial charge in [-0.05, 0) is 43.2 Å². The number of amidine groups is 1. The summed E-state index contributed by atoms with van der Waals surface area (Å²) in [7, 11) is 1.82. The molecular weight excluding hydrogens is 400 g/mol. The van der Waals surface area contributed by atoms with Crippen molar-refractivity contribution >= 4 is 38.8 Å². The Morgan fingerprint density at radius 2 is 2.24 bits per heavy atom. The second-order valence-electron chi connectivity index (χ2n) is 6.78. The molecule has 0 radical (unpaired) electrons. The molecule has 136 valence electrons. The Balaban J connectivity index is 2.12. The van der Waals surface area contributed by atoms with Gasteiger partial charge in [0.1, 0.15) is 11.9 Å². The third kappa shape index (κ3) is 3.12. The molecular formula is C19H25BrN2O2S. The summed E-state index contributed by atoms with van der Waals surface area (Å²) < 4.78 is 7.31. The maximum Gasteiger partial charge on any atom is 0.261 e. The van der Waals surface area contributed by atoms with E-state index in [1.807, 2.05) is 31.5 Å². The highest BCUT2D eigenvalue weighted by molar-refractivity contribution is 9.10. The molecule has 0 fully saturated rings. The van der Waals surface area contributed by atoms with Crippen molar-refractivity contribution in [1.82, 2.24) is 4.90 Å². The Morgan fingerprint density at radius 3 is 2.84 bits per heavy atom. The van der Waals surface area contributed by atoms with E-state index >= 15 is 0 Å². The average molecular weight is 425 g/mol. The minimum atomic E-state index is -0.851. The lowest BCUT2D eigenvalue weighted by molar-refractivity contribution is -0.132. The van der Waals surface area contributed by atoms with Crippen molar-refractivity contribution in [3.63, 3.8) is 0 Å². The molecule has 6 heteroatoms. The lowest BCUT2D eigenvalue weighted by Gasteiger charge is -2.39. The van der Waals surface area contributed by atoms with Gasteiger partial charge in [-0.3, -0.25) is 9.69 Å². The molecule has 1 spiro atoms. The van der Waals surface area contributed by atoms with Crippen molar-refractivity contribution in [3.05, 3.63) is 28.2 Å². The fourth-order valence-electron chi connectivity index (χ4n) is 3.96. The molecule has 2 aliphatic rings. The van der Waals surface area contributed by atoms with Crippen LogP contribution >= 0.6 is 27.7 Å². The lowest BCUT2D eigenvalue weighted by atomic mass is 9.77. The Morgan fingerprint density at radius 1 is 1.48 bits per heavy atom. The van der Waals surface area contributed by atoms with Crippen LogP contribution in [0.2, 0.25) is 0 Å². The first-order chi connectivity index (χ1) is 12.0. The minimum absolute atomic E-state index is 0.0148. The Hall–Kier alpha value is -1.01. The van der Waals surface area contributed by atoms with E-state index in [1.54, 1.807) is 4.90 Å². The number of aliphatic imine (C=N–C) groups is 1. The van der Waals surface area contributed by atoms with Crippen molar-refractivity contribution in [2.45, 2.75) is 51.2 Å². The van der Waals surface area contributed by atoms with E-state index in [2.05, 4.69) is 29.8 Å². The van der Waals surface area contributed by atoms with E-state index in [4.69, 9.17) is 9.73 Å². The van der Waals surface area contributed by atoms with E-state index in [0.29, 0.717) is 12.3 Å². The highest BCUT2D eigenvalue weighted by Gasteiger charge is 2.54. The van der Waals surface area contributed by atoms with Gasteiger partial charge in [-0.15, -0.1) is 0 Å². The molecule has 0 saturated carbocycles. The number of rotatable bonds is 4. The van der Waals surface area contributed by atoms with Crippen LogP contribution in [0.4, 0.5) is 0 Å². The van der Waals surface area contributed by atoms with Crippen LogP contribution in [0, 0.1) is 5.92 Å². The smallest absolute Gasteiger partial charge is 0.261 e. The number of likely N-dealkylation sites (N-methyl/N-ethyl adjacent to an activating group) is 1. The molecule has 0 N–H and O–H groups in total. The molecule has 1 aromatic carbocycles. The molecule has 2 heterocycles. The number of hydrogen-bond donors (Lipinski definition) is 0. The lowest BCUT2D eigenvalue weighted by Crippen LogP contribution is -2.47. The summed E-state index contributed by atoms with van der Waals surface area (Å²) >= 11 is 5.06. The number of carbonyl (C=O) groups excluding carboxylic acids is 1. The van der Waals surface area contributed by atoms with Crippen LogP contribution in [0.15, 0.2) is 27.7 Å². The van der Waals surface area contributed by atoms with Gasteiger partial charge in [-0.25, -0.2) is 4.99 Å². The predicted molar refractivity (Wildman–Crippen MR) is 107 cm³/mol. The van der Waals surface area contributed by atoms with Crippen LogP contribution in [-0.4, -0.2) is 35.4 Å². The van der Waals surface area contributed by atoms with Gasteiger partial charge in [-0.2, -0.15) is 0 Å². The normalized spacial score (nSPS) is 26.4. The quantitative estimate of drug-likeness (QED) is 0.695. The van der Waals surface area contributed by atoms with Crippen LogP contribution in [0.3, 0.4) is 0 Å². The van der Waals surface area contributed by atoms with E-state index in [1.165, 1.54) is 11.8 Å². The number of hydrogen-bond acceptors (Lipinski definition) is 4. The fraction of sp³-hybridized carbons (Fsp3) is 0.579. The van der Waals surface area contributed by atoms with Crippen LogP contribution in [0.1, 0.15) is 45.1 Å². The van der Waals surface area contributed by atoms with E-state index in [-0.39, 0.29) is 12.0 Å². The zero-order chi connectivity index (χ0) is 18.2. The van der Waals surface area contributed by atoms with Gasteiger partial charge in [0, 0.05) is 23.5 Å². The topological polar surface area (TPSA) is 41.9 Å². The van der Waals surface area contributed by atoms with Crippen molar-refractivity contribution in [2.75, 3.05) is 13.3 Å². The number of carbonyl (C=O) groups is 1. The molecule has 1 aromatic rings. The summed E-state index contributed by atoms with van der Waals surface area (Å²) in [5, 5.41) is 0.778. The summed E-state index contributed by atoms with van der Waals surface area (Å²) in [6.07, 6.45) is 5.86. The number of halogens is 1. The van der Waals surface area contributed by atoms with Crippen molar-refractivity contribution in [2.24, 2.45) is 10.9 Å². The Kier molecular flexibility index (Phi) is 5.49. The van der Waals surface area contributed by atoms with Gasteiger partial charge in [0.2, 0.25) is 0 Å². The molecule has 1 amide bonds. The fourth-order valence-corrected chi connectivity index (χ4v) is 4.93. The van der Waals surface area contributed by atoms with Crippen LogP contribution in [0.5, 0.6) is 5.75 Å². The van der Waals surface area contributed by atoms with Crippen molar-refractivity contribution < 1.29 is 9.53 Å². The van der Waals surface area contributed by atoms with Crippen molar-refractivity contribution in [1.29, 1.82) is 0 Å². The van der Waals surface area contributed by atoms with Gasteiger partial charge in [0.05, 0.1) is 0 Å². The molecule has 0 bridgehead atoms. The van der Waals surface area contributed by atoms with Crippen LogP contribution in [0.25, 0.3) is 0 Å². The summed E-state index contributed by atoms with van der Waals surface area (Å²) in [5.41, 5.74) is 0.0291. The third-order valence-corrected chi connectivity index (χ3v) is 6.51. The number of amides is 1. The second-order valence-corrected chi connectivity index (χ2v) is 8.47. The van der Waals surface area contributed by atoms with Crippen LogP contribution in [-0.2, 0) is 10.3 Å². The monoisotopic (exact) mass is 424 g/mol. The summed E-state index contributed by atoms with van der Waals surface area (Å²) in [6.45, 7) is 4.40. The highest BCUT2D eigenvalue weighted by atomic mass is 79.9. The zero-order valence-electron chi connectivity index (χ0n) is 15.2. The predicted octanol–water partition coefficient (Wildman–Crippen LogP) is 4.81. The molecule has 3 unspecified atom stereocenters. The number of nitrogens with zero attached hydrogens (tertiary/aromatic N) is 2. The summed E-state index contributed by atoms with van der Waals surface area (Å²) in [6, 6.07) is 5.93. The number of fused-ring (bicyclic) bond motifs is 2. The first-order valence-corrected chi connectivity index (χ1v) is 10.9. The largest absolute Gasteiger partial charge is 0.490 e. The van der Waals surface area contributed by atoms with E-state index in [0.717, 1.165) is 40.2 Å². The molecule has 25 heavy (non-hydrogen) atoms. The Bertz CT molecular complexity index is 709. The van der Waals surface area contributed by atoms with Gasteiger partial charge in [0.25, 0.3) is 5.91 Å². The molecule has 2 aliphatic heterocycles. The zero-order valence-corrected chi connectivity index (χ0v) is 17.6. The average Bonchev–Trinajstić information content (AvgIpc) is 2.85. The standard InChI is InChI=1S/C19H25BrN2O2S/c1-5-7-12(6-2)16-11-19(17(23)22(3)18(21-19)25-4)14-10-13(20)8-9-15(14)24-16/h8-10,12,16H,5-7,11H2,1-4H3. The van der Waals surface area contributed by atoms with Crippen molar-refractivity contribution in [3.8, 4) is 5.75 Å². The minimum Gasteiger partial charge on any atom is -0.490 e. The van der Waals surface area contributed by atoms with Crippen LogP contribution < -0.4 is 4.74 Å². The Labute approximate surface area is 162 Å². The summed E-state index contributed by atoms with van der Waals surface area (Å²) in [5.74, 6) is 1.28. The highest BCUT2D eigenvalue weighted by Crippen LogP contribution is 2.49. The maximum absolute atomic E-state index is 13.3. The van der Waals surface area contributed by atoms with Gasteiger partial charge < -0.3 is 4.74 Å². The molecule has 0 aromatic heterocycles. The maximum atomic E-state index is 13.3. The number of thioether (sulfide) groups is 1. The molecule has 0 saturated heterocycles. The van der Waals surface area contributed by atoms with Gasteiger partial charge in [0.15, 0.2) is 10.7 Å². The molecule has 3 atom stereocenters. The van der Waals surface area contributed by atoms with Gasteiger partial charge in [-0.1, -0.05) is 48.0 Å². The first kappa shape index (κ1) is 18.8. The van der Waals surface area contributed by atoms with E-state index < -0.39 is 5.54 Å². The first-order valence-electron chi connectivity index (χ1n) is 8.85. The van der Waals surface area contributed by atoms with E-state index in [9.17, 15) is 4.79 Å². The number of ether oxygens (including phenoxy) is 1. The second kappa shape index (κ2) is 7.31. The summed E-state index contributed by atoms with van der Waals surface area (Å²) in [4.78, 5) is 19.9. The molecule has 4 nitrogen and oxygen atoms in total. The molecule has 3 rings (SSSR count).